The van der Waals surface area contributed by atoms with Crippen molar-refractivity contribution in [3.05, 3.63) is 21.6 Å². The average Bonchev–Trinajstić information content (AvgIpc) is 2.77. The SMILES string of the molecule is NCCc1c(C2CCCC2)[nH][nH]c1=O. The number of nitrogens with two attached hydrogens (primary N) is 1. The van der Waals surface area contributed by atoms with Crippen molar-refractivity contribution >= 4 is 0 Å². The lowest BCUT2D eigenvalue weighted by Gasteiger charge is -2.07. The first kappa shape index (κ1) is 9.52. The van der Waals surface area contributed by atoms with Gasteiger partial charge in [-0.25, -0.2) is 0 Å². The van der Waals surface area contributed by atoms with Crippen LogP contribution in [0.3, 0.4) is 0 Å². The molecule has 0 atom stereocenters. The van der Waals surface area contributed by atoms with Crippen LogP contribution >= 0.6 is 0 Å². The van der Waals surface area contributed by atoms with E-state index in [2.05, 4.69) is 10.2 Å². The Labute approximate surface area is 82.9 Å². The van der Waals surface area contributed by atoms with E-state index in [1.54, 1.807) is 0 Å². The molecule has 0 aliphatic heterocycles. The second-order valence-corrected chi connectivity index (χ2v) is 3.99. The van der Waals surface area contributed by atoms with Crippen molar-refractivity contribution in [1.29, 1.82) is 0 Å². The first-order chi connectivity index (χ1) is 6.83. The molecule has 14 heavy (non-hydrogen) atoms. The van der Waals surface area contributed by atoms with Crippen molar-refractivity contribution in [2.75, 3.05) is 6.54 Å². The van der Waals surface area contributed by atoms with Crippen LogP contribution < -0.4 is 11.3 Å². The maximum Gasteiger partial charge on any atom is 0.267 e. The van der Waals surface area contributed by atoms with Crippen LogP contribution in [0.15, 0.2) is 4.79 Å². The number of aromatic nitrogens is 2. The van der Waals surface area contributed by atoms with Crippen molar-refractivity contribution in [2.45, 2.75) is 38.0 Å². The fraction of sp³-hybridized carbons (Fsp3) is 0.700. The van der Waals surface area contributed by atoms with Crippen molar-refractivity contribution in [2.24, 2.45) is 5.73 Å². The predicted molar refractivity (Wildman–Crippen MR) is 55.4 cm³/mol. The Hall–Kier alpha value is -1.03. The lowest BCUT2D eigenvalue weighted by Crippen LogP contribution is -2.13. The van der Waals surface area contributed by atoms with Gasteiger partial charge in [0.1, 0.15) is 0 Å². The Kier molecular flexibility index (Phi) is 2.72. The molecule has 0 amide bonds. The number of hydrogen-bond acceptors (Lipinski definition) is 2. The van der Waals surface area contributed by atoms with Crippen molar-refractivity contribution < 1.29 is 0 Å². The molecule has 4 N–H and O–H groups in total. The molecular weight excluding hydrogens is 178 g/mol. The second kappa shape index (κ2) is 4.00. The van der Waals surface area contributed by atoms with Gasteiger partial charge in [0, 0.05) is 17.2 Å². The third kappa shape index (κ3) is 1.62. The summed E-state index contributed by atoms with van der Waals surface area (Å²) in [5.41, 5.74) is 7.48. The van der Waals surface area contributed by atoms with Crippen LogP contribution in [0.25, 0.3) is 0 Å². The standard InChI is InChI=1S/C10H17N3O/c11-6-5-8-9(12-13-10(8)14)7-3-1-2-4-7/h7H,1-6,11H2,(H2,12,13,14). The van der Waals surface area contributed by atoms with E-state index in [4.69, 9.17) is 5.73 Å². The van der Waals surface area contributed by atoms with Gasteiger partial charge in [-0.2, -0.15) is 0 Å². The highest BCUT2D eigenvalue weighted by Crippen LogP contribution is 2.33. The molecule has 1 fully saturated rings. The molecule has 0 unspecified atom stereocenters. The average molecular weight is 195 g/mol. The zero-order valence-electron chi connectivity index (χ0n) is 8.31. The Morgan fingerprint density at radius 1 is 1.29 bits per heavy atom. The predicted octanol–water partition coefficient (Wildman–Crippen LogP) is 0.862. The van der Waals surface area contributed by atoms with E-state index < -0.39 is 0 Å². The minimum Gasteiger partial charge on any atom is -0.330 e. The van der Waals surface area contributed by atoms with Crippen LogP contribution in [-0.2, 0) is 6.42 Å². The fourth-order valence-electron chi connectivity index (χ4n) is 2.35. The van der Waals surface area contributed by atoms with E-state index in [1.807, 2.05) is 0 Å². The molecule has 1 aliphatic carbocycles. The highest BCUT2D eigenvalue weighted by molar-refractivity contribution is 5.21. The summed E-state index contributed by atoms with van der Waals surface area (Å²) >= 11 is 0. The zero-order chi connectivity index (χ0) is 9.97. The summed E-state index contributed by atoms with van der Waals surface area (Å²) in [5.74, 6) is 0.551. The summed E-state index contributed by atoms with van der Waals surface area (Å²) in [6, 6.07) is 0. The number of rotatable bonds is 3. The van der Waals surface area contributed by atoms with Gasteiger partial charge in [0.15, 0.2) is 0 Å². The van der Waals surface area contributed by atoms with E-state index in [-0.39, 0.29) is 5.56 Å². The number of hydrogen-bond donors (Lipinski definition) is 3. The van der Waals surface area contributed by atoms with Gasteiger partial charge in [-0.15, -0.1) is 0 Å². The monoisotopic (exact) mass is 195 g/mol. The number of aromatic amines is 2. The highest BCUT2D eigenvalue weighted by atomic mass is 16.1. The van der Waals surface area contributed by atoms with Gasteiger partial charge >= 0.3 is 0 Å². The molecule has 0 spiro atoms. The van der Waals surface area contributed by atoms with E-state index >= 15 is 0 Å². The molecule has 1 saturated carbocycles. The smallest absolute Gasteiger partial charge is 0.267 e. The van der Waals surface area contributed by atoms with Gasteiger partial charge in [-0.1, -0.05) is 12.8 Å². The van der Waals surface area contributed by atoms with Crippen molar-refractivity contribution in [1.82, 2.24) is 10.2 Å². The van der Waals surface area contributed by atoms with E-state index in [0.29, 0.717) is 18.9 Å². The molecule has 4 nitrogen and oxygen atoms in total. The number of H-pyrrole nitrogens is 2. The molecule has 0 bridgehead atoms. The summed E-state index contributed by atoms with van der Waals surface area (Å²) < 4.78 is 0. The lowest BCUT2D eigenvalue weighted by atomic mass is 9.99. The van der Waals surface area contributed by atoms with E-state index in [9.17, 15) is 4.79 Å². The van der Waals surface area contributed by atoms with Crippen LogP contribution in [-0.4, -0.2) is 16.7 Å². The zero-order valence-corrected chi connectivity index (χ0v) is 8.31. The van der Waals surface area contributed by atoms with Crippen molar-refractivity contribution in [3.63, 3.8) is 0 Å². The molecule has 1 heterocycles. The topological polar surface area (TPSA) is 74.7 Å². The van der Waals surface area contributed by atoms with E-state index in [0.717, 1.165) is 11.3 Å². The molecule has 1 aromatic heterocycles. The highest BCUT2D eigenvalue weighted by Gasteiger charge is 2.22. The first-order valence-corrected chi connectivity index (χ1v) is 5.32. The molecule has 4 heteroatoms. The first-order valence-electron chi connectivity index (χ1n) is 5.32. The van der Waals surface area contributed by atoms with Gasteiger partial charge in [0.2, 0.25) is 0 Å². The normalized spacial score (nSPS) is 17.8. The minimum atomic E-state index is 0.0114. The maximum absolute atomic E-state index is 11.4. The third-order valence-electron chi connectivity index (χ3n) is 3.07. The minimum absolute atomic E-state index is 0.0114. The van der Waals surface area contributed by atoms with Gasteiger partial charge in [0.25, 0.3) is 5.56 Å². The third-order valence-corrected chi connectivity index (χ3v) is 3.07. The Balaban J connectivity index is 2.27. The Morgan fingerprint density at radius 3 is 2.64 bits per heavy atom. The summed E-state index contributed by atoms with van der Waals surface area (Å²) in [4.78, 5) is 11.4. The summed E-state index contributed by atoms with van der Waals surface area (Å²) in [6.45, 7) is 0.542. The van der Waals surface area contributed by atoms with Crippen molar-refractivity contribution in [3.8, 4) is 0 Å². The largest absolute Gasteiger partial charge is 0.330 e. The molecule has 0 radical (unpaired) electrons. The van der Waals surface area contributed by atoms with Gasteiger partial charge in [-0.05, 0) is 25.8 Å². The van der Waals surface area contributed by atoms with Crippen LogP contribution in [0.2, 0.25) is 0 Å². The Bertz CT molecular complexity index is 346. The summed E-state index contributed by atoms with van der Waals surface area (Å²) in [6.07, 6.45) is 5.64. The second-order valence-electron chi connectivity index (χ2n) is 3.99. The molecular formula is C10H17N3O. The van der Waals surface area contributed by atoms with Crippen LogP contribution in [0.5, 0.6) is 0 Å². The van der Waals surface area contributed by atoms with Gasteiger partial charge in [-0.3, -0.25) is 9.89 Å². The van der Waals surface area contributed by atoms with Gasteiger partial charge < -0.3 is 10.8 Å². The summed E-state index contributed by atoms with van der Waals surface area (Å²) in [7, 11) is 0. The molecule has 1 aromatic rings. The maximum atomic E-state index is 11.4. The van der Waals surface area contributed by atoms with Crippen LogP contribution in [0.1, 0.15) is 42.9 Å². The molecule has 0 saturated heterocycles. The molecule has 2 rings (SSSR count). The van der Waals surface area contributed by atoms with Crippen LogP contribution in [0.4, 0.5) is 0 Å². The van der Waals surface area contributed by atoms with E-state index in [1.165, 1.54) is 25.7 Å². The fourth-order valence-corrected chi connectivity index (χ4v) is 2.35. The van der Waals surface area contributed by atoms with Gasteiger partial charge in [0.05, 0.1) is 0 Å². The molecule has 1 aliphatic rings. The van der Waals surface area contributed by atoms with Crippen LogP contribution in [0, 0.1) is 0 Å². The molecule has 78 valence electrons. The quantitative estimate of drug-likeness (QED) is 0.669. The summed E-state index contributed by atoms with van der Waals surface area (Å²) in [5, 5.41) is 5.67. The Morgan fingerprint density at radius 2 is 2.00 bits per heavy atom. The lowest BCUT2D eigenvalue weighted by molar-refractivity contribution is 0.683. The molecule has 0 aromatic carbocycles. The number of nitrogens with one attached hydrogen (secondary N) is 2.